The number of hydrogen-bond donors (Lipinski definition) is 1. The highest BCUT2D eigenvalue weighted by molar-refractivity contribution is 7.90. The van der Waals surface area contributed by atoms with E-state index in [1.165, 1.54) is 19.1 Å². The third-order valence-electron chi connectivity index (χ3n) is 3.25. The van der Waals surface area contributed by atoms with Crippen molar-refractivity contribution in [2.24, 2.45) is 5.92 Å². The van der Waals surface area contributed by atoms with E-state index in [1.807, 2.05) is 18.2 Å². The zero-order valence-electron chi connectivity index (χ0n) is 10.1. The fourth-order valence-electron chi connectivity index (χ4n) is 2.33. The molecule has 0 spiro atoms. The molecule has 0 saturated carbocycles. The SMILES string of the molecule is CS(=O)(=O)c1cccc(CC2CCCNC2)c1. The quantitative estimate of drug-likeness (QED) is 0.890. The van der Waals surface area contributed by atoms with Crippen LogP contribution in [-0.2, 0) is 16.3 Å². The van der Waals surface area contributed by atoms with Crippen LogP contribution in [0.2, 0.25) is 0 Å². The Hall–Kier alpha value is -0.870. The van der Waals surface area contributed by atoms with E-state index in [0.717, 1.165) is 25.1 Å². The van der Waals surface area contributed by atoms with Crippen molar-refractivity contribution in [1.82, 2.24) is 5.32 Å². The van der Waals surface area contributed by atoms with Gasteiger partial charge in [-0.15, -0.1) is 0 Å². The molecular weight excluding hydrogens is 234 g/mol. The van der Waals surface area contributed by atoms with Gasteiger partial charge in [0.1, 0.15) is 0 Å². The largest absolute Gasteiger partial charge is 0.316 e. The summed E-state index contributed by atoms with van der Waals surface area (Å²) in [7, 11) is -3.08. The normalized spacial score (nSPS) is 21.4. The minimum absolute atomic E-state index is 0.429. The average molecular weight is 253 g/mol. The van der Waals surface area contributed by atoms with E-state index in [2.05, 4.69) is 5.32 Å². The van der Waals surface area contributed by atoms with Crippen LogP contribution in [0, 0.1) is 5.92 Å². The van der Waals surface area contributed by atoms with Crippen molar-refractivity contribution in [1.29, 1.82) is 0 Å². The first-order chi connectivity index (χ1) is 8.05. The molecule has 4 heteroatoms. The summed E-state index contributed by atoms with van der Waals surface area (Å²) in [6.45, 7) is 2.16. The lowest BCUT2D eigenvalue weighted by atomic mass is 9.92. The van der Waals surface area contributed by atoms with Gasteiger partial charge >= 0.3 is 0 Å². The molecule has 0 radical (unpaired) electrons. The first kappa shape index (κ1) is 12.6. The Balaban J connectivity index is 2.11. The fourth-order valence-corrected chi connectivity index (χ4v) is 3.03. The second-order valence-electron chi connectivity index (χ2n) is 4.84. The molecule has 1 aromatic carbocycles. The van der Waals surface area contributed by atoms with E-state index >= 15 is 0 Å². The highest BCUT2D eigenvalue weighted by atomic mass is 32.2. The van der Waals surface area contributed by atoms with Crippen molar-refractivity contribution >= 4 is 9.84 Å². The van der Waals surface area contributed by atoms with Crippen LogP contribution in [0.25, 0.3) is 0 Å². The Kier molecular flexibility index (Phi) is 3.84. The third-order valence-corrected chi connectivity index (χ3v) is 4.36. The van der Waals surface area contributed by atoms with Crippen LogP contribution in [0.15, 0.2) is 29.2 Å². The van der Waals surface area contributed by atoms with Gasteiger partial charge in [0.05, 0.1) is 4.90 Å². The van der Waals surface area contributed by atoms with Crippen molar-refractivity contribution < 1.29 is 8.42 Å². The number of nitrogens with one attached hydrogen (secondary N) is 1. The zero-order chi connectivity index (χ0) is 12.3. The van der Waals surface area contributed by atoms with Crippen LogP contribution in [-0.4, -0.2) is 27.8 Å². The summed E-state index contributed by atoms with van der Waals surface area (Å²) in [5, 5.41) is 3.38. The number of rotatable bonds is 3. The summed E-state index contributed by atoms with van der Waals surface area (Å²) in [4.78, 5) is 0.429. The van der Waals surface area contributed by atoms with E-state index in [4.69, 9.17) is 0 Å². The van der Waals surface area contributed by atoms with Crippen molar-refractivity contribution in [3.8, 4) is 0 Å². The summed E-state index contributed by atoms with van der Waals surface area (Å²) in [5.41, 5.74) is 1.13. The van der Waals surface area contributed by atoms with Crippen LogP contribution in [0.3, 0.4) is 0 Å². The Labute approximate surface area is 103 Å². The molecule has 0 aromatic heterocycles. The lowest BCUT2D eigenvalue weighted by molar-refractivity contribution is 0.376. The molecule has 3 nitrogen and oxygen atoms in total. The maximum Gasteiger partial charge on any atom is 0.175 e. The summed E-state index contributed by atoms with van der Waals surface area (Å²) in [5.74, 6) is 0.638. The van der Waals surface area contributed by atoms with E-state index in [1.54, 1.807) is 6.07 Å². The first-order valence-corrected chi connectivity index (χ1v) is 7.94. The van der Waals surface area contributed by atoms with Crippen LogP contribution in [0.1, 0.15) is 18.4 Å². The van der Waals surface area contributed by atoms with Gasteiger partial charge in [-0.05, 0) is 56.0 Å². The van der Waals surface area contributed by atoms with E-state index in [-0.39, 0.29) is 0 Å². The molecule has 17 heavy (non-hydrogen) atoms. The minimum atomic E-state index is -3.08. The van der Waals surface area contributed by atoms with Crippen molar-refractivity contribution in [2.45, 2.75) is 24.2 Å². The second kappa shape index (κ2) is 5.19. The number of hydrogen-bond acceptors (Lipinski definition) is 3. The lowest BCUT2D eigenvalue weighted by Crippen LogP contribution is -2.30. The summed E-state index contributed by atoms with van der Waals surface area (Å²) in [6, 6.07) is 7.33. The number of piperidine rings is 1. The monoisotopic (exact) mass is 253 g/mol. The molecule has 0 amide bonds. The van der Waals surface area contributed by atoms with Gasteiger partial charge in [-0.25, -0.2) is 8.42 Å². The number of sulfone groups is 1. The molecule has 94 valence electrons. The average Bonchev–Trinajstić information content (AvgIpc) is 2.29. The lowest BCUT2D eigenvalue weighted by Gasteiger charge is -2.22. The molecule has 1 saturated heterocycles. The predicted octanol–water partition coefficient (Wildman–Crippen LogP) is 1.63. The molecule has 1 fully saturated rings. The minimum Gasteiger partial charge on any atom is -0.316 e. The molecule has 1 aromatic rings. The van der Waals surface area contributed by atoms with Crippen LogP contribution < -0.4 is 5.32 Å². The van der Waals surface area contributed by atoms with Gasteiger partial charge in [-0.1, -0.05) is 12.1 Å². The Morgan fingerprint density at radius 3 is 2.88 bits per heavy atom. The third kappa shape index (κ3) is 3.54. The van der Waals surface area contributed by atoms with Crippen molar-refractivity contribution in [3.05, 3.63) is 29.8 Å². The second-order valence-corrected chi connectivity index (χ2v) is 6.85. The topological polar surface area (TPSA) is 46.2 Å². The summed E-state index contributed by atoms with van der Waals surface area (Å²) in [6.07, 6.45) is 4.68. The highest BCUT2D eigenvalue weighted by Gasteiger charge is 2.14. The van der Waals surface area contributed by atoms with Gasteiger partial charge in [0.15, 0.2) is 9.84 Å². The standard InChI is InChI=1S/C13H19NO2S/c1-17(15,16)13-6-2-4-11(9-13)8-12-5-3-7-14-10-12/h2,4,6,9,12,14H,3,5,7-8,10H2,1H3. The Bertz CT molecular complexity index is 476. The molecule has 1 heterocycles. The van der Waals surface area contributed by atoms with Crippen molar-refractivity contribution in [2.75, 3.05) is 19.3 Å². The maximum absolute atomic E-state index is 11.5. The molecule has 1 atom stereocenters. The Morgan fingerprint density at radius 1 is 1.41 bits per heavy atom. The molecule has 1 unspecified atom stereocenters. The van der Waals surface area contributed by atoms with E-state index < -0.39 is 9.84 Å². The molecule has 1 aliphatic heterocycles. The first-order valence-electron chi connectivity index (χ1n) is 6.05. The van der Waals surface area contributed by atoms with Crippen LogP contribution >= 0.6 is 0 Å². The molecule has 0 aliphatic carbocycles. The highest BCUT2D eigenvalue weighted by Crippen LogP contribution is 2.18. The molecule has 2 rings (SSSR count). The Morgan fingerprint density at radius 2 is 2.24 bits per heavy atom. The predicted molar refractivity (Wildman–Crippen MR) is 68.8 cm³/mol. The van der Waals surface area contributed by atoms with Crippen LogP contribution in [0.4, 0.5) is 0 Å². The van der Waals surface area contributed by atoms with Gasteiger partial charge in [-0.2, -0.15) is 0 Å². The molecule has 1 aliphatic rings. The van der Waals surface area contributed by atoms with E-state index in [0.29, 0.717) is 10.8 Å². The zero-order valence-corrected chi connectivity index (χ0v) is 11.0. The van der Waals surface area contributed by atoms with Gasteiger partial charge < -0.3 is 5.32 Å². The smallest absolute Gasteiger partial charge is 0.175 e. The van der Waals surface area contributed by atoms with Crippen molar-refractivity contribution in [3.63, 3.8) is 0 Å². The fraction of sp³-hybridized carbons (Fsp3) is 0.538. The van der Waals surface area contributed by atoms with Gasteiger partial charge in [0.2, 0.25) is 0 Å². The molecular formula is C13H19NO2S. The summed E-state index contributed by atoms with van der Waals surface area (Å²) >= 11 is 0. The summed E-state index contributed by atoms with van der Waals surface area (Å²) < 4.78 is 22.9. The van der Waals surface area contributed by atoms with Gasteiger partial charge in [-0.3, -0.25) is 0 Å². The van der Waals surface area contributed by atoms with Crippen LogP contribution in [0.5, 0.6) is 0 Å². The van der Waals surface area contributed by atoms with E-state index in [9.17, 15) is 8.42 Å². The molecule has 1 N–H and O–H groups in total. The maximum atomic E-state index is 11.5. The van der Waals surface area contributed by atoms with Gasteiger partial charge in [0, 0.05) is 6.26 Å². The molecule has 0 bridgehead atoms. The number of benzene rings is 1. The van der Waals surface area contributed by atoms with Gasteiger partial charge in [0.25, 0.3) is 0 Å².